The van der Waals surface area contributed by atoms with E-state index in [4.69, 9.17) is 0 Å². The fourth-order valence-corrected chi connectivity index (χ4v) is 3.45. The molecule has 0 amide bonds. The third-order valence-electron chi connectivity index (χ3n) is 4.34. The lowest BCUT2D eigenvalue weighted by molar-refractivity contribution is 0.383. The molecule has 1 atom stereocenters. The van der Waals surface area contributed by atoms with Crippen molar-refractivity contribution in [2.24, 2.45) is 0 Å². The minimum atomic E-state index is 0.463. The summed E-state index contributed by atoms with van der Waals surface area (Å²) in [5, 5.41) is 5.07. The molecule has 1 aromatic carbocycles. The van der Waals surface area contributed by atoms with Gasteiger partial charge in [0.05, 0.1) is 0 Å². The third kappa shape index (κ3) is 2.36. The van der Waals surface area contributed by atoms with E-state index in [1.807, 2.05) is 0 Å². The van der Waals surface area contributed by atoms with Gasteiger partial charge in [-0.15, -0.1) is 0 Å². The second-order valence-corrected chi connectivity index (χ2v) is 6.12. The molecule has 0 spiro atoms. The summed E-state index contributed by atoms with van der Waals surface area (Å²) in [4.78, 5) is 2.26. The summed E-state index contributed by atoms with van der Waals surface area (Å²) in [6.45, 7) is 5.64. The van der Waals surface area contributed by atoms with E-state index in [-0.39, 0.29) is 0 Å². The van der Waals surface area contributed by atoms with Crippen LogP contribution < -0.4 is 5.32 Å². The van der Waals surface area contributed by atoms with Gasteiger partial charge in [-0.25, -0.2) is 0 Å². The van der Waals surface area contributed by atoms with Crippen molar-refractivity contribution in [2.75, 3.05) is 27.2 Å². The Hall–Kier alpha value is -1.32. The van der Waals surface area contributed by atoms with Crippen LogP contribution in [0.5, 0.6) is 0 Å². The highest BCUT2D eigenvalue weighted by Gasteiger charge is 2.23. The van der Waals surface area contributed by atoms with Crippen LogP contribution in [0, 0.1) is 0 Å². The second kappa shape index (κ2) is 5.58. The number of para-hydroxylation sites is 1. The van der Waals surface area contributed by atoms with Gasteiger partial charge < -0.3 is 14.8 Å². The number of benzene rings is 1. The normalized spacial score (nSPS) is 18.7. The predicted molar refractivity (Wildman–Crippen MR) is 85.2 cm³/mol. The molecule has 1 aliphatic rings. The van der Waals surface area contributed by atoms with E-state index in [0.717, 1.165) is 26.1 Å². The fraction of sp³-hybridized carbons (Fsp3) is 0.529. The van der Waals surface area contributed by atoms with Crippen molar-refractivity contribution in [1.29, 1.82) is 0 Å². The second-order valence-electron chi connectivity index (χ2n) is 6.12. The molecule has 3 heteroatoms. The number of hydrogen-bond acceptors (Lipinski definition) is 2. The van der Waals surface area contributed by atoms with Gasteiger partial charge in [0.2, 0.25) is 0 Å². The quantitative estimate of drug-likeness (QED) is 0.923. The van der Waals surface area contributed by atoms with Gasteiger partial charge in [-0.2, -0.15) is 0 Å². The molecule has 0 radical (unpaired) electrons. The number of hydrogen-bond donors (Lipinski definition) is 1. The molecule has 20 heavy (non-hydrogen) atoms. The zero-order valence-electron chi connectivity index (χ0n) is 12.8. The minimum absolute atomic E-state index is 0.463. The van der Waals surface area contributed by atoms with Crippen LogP contribution in [0.4, 0.5) is 0 Å². The first kappa shape index (κ1) is 13.7. The number of aryl methyl sites for hydroxylation is 1. The van der Waals surface area contributed by atoms with E-state index in [9.17, 15) is 0 Å². The molecule has 1 aliphatic heterocycles. The first-order chi connectivity index (χ1) is 9.68. The Morgan fingerprint density at radius 2 is 2.10 bits per heavy atom. The maximum Gasteiger partial charge on any atom is 0.0485 e. The molecule has 3 rings (SSSR count). The molecule has 0 aliphatic carbocycles. The van der Waals surface area contributed by atoms with E-state index in [0.29, 0.717) is 6.04 Å². The summed E-state index contributed by atoms with van der Waals surface area (Å²) >= 11 is 0. The molecule has 0 saturated heterocycles. The number of aromatic nitrogens is 1. The van der Waals surface area contributed by atoms with Crippen LogP contribution in [0.15, 0.2) is 24.3 Å². The molecular formula is C17H25N3. The zero-order valence-corrected chi connectivity index (χ0v) is 12.8. The van der Waals surface area contributed by atoms with E-state index in [1.165, 1.54) is 23.0 Å². The Labute approximate surface area is 121 Å². The summed E-state index contributed by atoms with van der Waals surface area (Å²) in [6.07, 6.45) is 2.35. The largest absolute Gasteiger partial charge is 0.343 e. The smallest absolute Gasteiger partial charge is 0.0485 e. The topological polar surface area (TPSA) is 20.2 Å². The maximum atomic E-state index is 3.61. The van der Waals surface area contributed by atoms with Crippen molar-refractivity contribution in [1.82, 2.24) is 14.8 Å². The Morgan fingerprint density at radius 3 is 2.90 bits per heavy atom. The maximum absolute atomic E-state index is 3.61. The van der Waals surface area contributed by atoms with Crippen molar-refractivity contribution >= 4 is 10.9 Å². The molecule has 1 aromatic heterocycles. The lowest BCUT2D eigenvalue weighted by Gasteiger charge is -2.24. The first-order valence-electron chi connectivity index (χ1n) is 7.66. The van der Waals surface area contributed by atoms with Crippen molar-refractivity contribution in [2.45, 2.75) is 32.4 Å². The van der Waals surface area contributed by atoms with E-state index < -0.39 is 0 Å². The van der Waals surface area contributed by atoms with Crippen LogP contribution in [0.2, 0.25) is 0 Å². The molecule has 0 bridgehead atoms. The Morgan fingerprint density at radius 1 is 1.30 bits per heavy atom. The highest BCUT2D eigenvalue weighted by atomic mass is 15.1. The number of nitrogens with one attached hydrogen (secondary N) is 1. The van der Waals surface area contributed by atoms with E-state index in [1.54, 1.807) is 5.56 Å². The van der Waals surface area contributed by atoms with Crippen LogP contribution in [0.3, 0.4) is 0 Å². The van der Waals surface area contributed by atoms with Crippen LogP contribution in [-0.4, -0.2) is 36.7 Å². The Kier molecular flexibility index (Phi) is 3.81. The molecule has 1 N–H and O–H groups in total. The van der Waals surface area contributed by atoms with Gasteiger partial charge in [0.15, 0.2) is 0 Å². The molecule has 2 heterocycles. The highest BCUT2D eigenvalue weighted by Crippen LogP contribution is 2.33. The van der Waals surface area contributed by atoms with E-state index >= 15 is 0 Å². The molecule has 3 nitrogen and oxygen atoms in total. The number of rotatable bonds is 4. The lowest BCUT2D eigenvalue weighted by atomic mass is 10.0. The SMILES string of the molecule is CC1NCCc2c1n(CCCN(C)C)c1ccccc21. The average molecular weight is 271 g/mol. The van der Waals surface area contributed by atoms with Gasteiger partial charge in [0, 0.05) is 29.2 Å². The molecule has 1 unspecified atom stereocenters. The van der Waals surface area contributed by atoms with Gasteiger partial charge in [0.25, 0.3) is 0 Å². The van der Waals surface area contributed by atoms with Gasteiger partial charge >= 0.3 is 0 Å². The lowest BCUT2D eigenvalue weighted by Crippen LogP contribution is -2.29. The summed E-state index contributed by atoms with van der Waals surface area (Å²) < 4.78 is 2.55. The monoisotopic (exact) mass is 271 g/mol. The molecule has 0 fully saturated rings. The van der Waals surface area contributed by atoms with Gasteiger partial charge in [-0.05, 0) is 58.6 Å². The third-order valence-corrected chi connectivity index (χ3v) is 4.34. The summed E-state index contributed by atoms with van der Waals surface area (Å²) in [7, 11) is 4.29. The van der Waals surface area contributed by atoms with Crippen molar-refractivity contribution in [3.8, 4) is 0 Å². The van der Waals surface area contributed by atoms with Crippen LogP contribution in [0.25, 0.3) is 10.9 Å². The van der Waals surface area contributed by atoms with Crippen LogP contribution in [0.1, 0.15) is 30.6 Å². The molecule has 0 saturated carbocycles. The summed E-state index contributed by atoms with van der Waals surface area (Å²) in [5.74, 6) is 0. The number of nitrogens with zero attached hydrogens (tertiary/aromatic N) is 2. The van der Waals surface area contributed by atoms with Crippen LogP contribution >= 0.6 is 0 Å². The van der Waals surface area contributed by atoms with Crippen LogP contribution in [-0.2, 0) is 13.0 Å². The average Bonchev–Trinajstić information content (AvgIpc) is 2.75. The molecular weight excluding hydrogens is 246 g/mol. The zero-order chi connectivity index (χ0) is 14.1. The Balaban J connectivity index is 2.02. The molecule has 2 aromatic rings. The number of fused-ring (bicyclic) bond motifs is 3. The van der Waals surface area contributed by atoms with Crippen molar-refractivity contribution < 1.29 is 0 Å². The van der Waals surface area contributed by atoms with Gasteiger partial charge in [-0.1, -0.05) is 18.2 Å². The summed E-state index contributed by atoms with van der Waals surface area (Å²) in [6, 6.07) is 9.35. The van der Waals surface area contributed by atoms with Crippen molar-refractivity contribution in [3.05, 3.63) is 35.5 Å². The van der Waals surface area contributed by atoms with Crippen molar-refractivity contribution in [3.63, 3.8) is 0 Å². The highest BCUT2D eigenvalue weighted by molar-refractivity contribution is 5.86. The van der Waals surface area contributed by atoms with Gasteiger partial charge in [-0.3, -0.25) is 0 Å². The van der Waals surface area contributed by atoms with E-state index in [2.05, 4.69) is 60.1 Å². The minimum Gasteiger partial charge on any atom is -0.343 e. The predicted octanol–water partition coefficient (Wildman–Crippen LogP) is 2.80. The molecule has 108 valence electrons. The summed E-state index contributed by atoms with van der Waals surface area (Å²) in [5.41, 5.74) is 4.49. The van der Waals surface area contributed by atoms with Gasteiger partial charge in [0.1, 0.15) is 0 Å². The fourth-order valence-electron chi connectivity index (χ4n) is 3.45. The standard InChI is InChI=1S/C17H25N3/c1-13-17-15(9-10-18-13)14-7-4-5-8-16(14)20(17)12-6-11-19(2)3/h4-5,7-8,13,18H,6,9-12H2,1-3H3. The first-order valence-corrected chi connectivity index (χ1v) is 7.66. The Bertz CT molecular complexity index is 598.